The van der Waals surface area contributed by atoms with Crippen molar-refractivity contribution >= 4 is 28.5 Å². The van der Waals surface area contributed by atoms with Crippen molar-refractivity contribution in [3.8, 4) is 11.5 Å². The minimum absolute atomic E-state index is 0.141. The van der Waals surface area contributed by atoms with E-state index in [1.807, 2.05) is 55.5 Å². The highest BCUT2D eigenvalue weighted by atomic mass is 127. The van der Waals surface area contributed by atoms with E-state index in [1.54, 1.807) is 6.07 Å². The molecule has 4 nitrogen and oxygen atoms in total. The molecule has 3 rings (SSSR count). The summed E-state index contributed by atoms with van der Waals surface area (Å²) < 4.78 is 12.7. The summed E-state index contributed by atoms with van der Waals surface area (Å²) >= 11 is 2.19. The molecule has 0 saturated heterocycles. The van der Waals surface area contributed by atoms with Gasteiger partial charge >= 0.3 is 0 Å². The fraction of sp³-hybridized carbons (Fsp3) is 0.208. The first kappa shape index (κ1) is 21.2. The second kappa shape index (κ2) is 10.3. The SMILES string of the molecule is CCOc1cc(C(=O)NCc2ccccc2)cc(I)c1OCc1ccc(C)cc1. The molecule has 0 aromatic heterocycles. The number of benzene rings is 3. The second-order valence-corrected chi connectivity index (χ2v) is 7.82. The van der Waals surface area contributed by atoms with Crippen molar-refractivity contribution in [1.82, 2.24) is 5.32 Å². The molecule has 1 N–H and O–H groups in total. The first-order valence-electron chi connectivity index (χ1n) is 9.53. The van der Waals surface area contributed by atoms with Crippen LogP contribution < -0.4 is 14.8 Å². The van der Waals surface area contributed by atoms with Gasteiger partial charge in [0.15, 0.2) is 11.5 Å². The molecule has 29 heavy (non-hydrogen) atoms. The molecule has 0 atom stereocenters. The van der Waals surface area contributed by atoms with Crippen LogP contribution in [0.2, 0.25) is 0 Å². The normalized spacial score (nSPS) is 10.4. The van der Waals surface area contributed by atoms with Crippen LogP contribution in [0.5, 0.6) is 11.5 Å². The van der Waals surface area contributed by atoms with E-state index in [9.17, 15) is 4.79 Å². The quantitative estimate of drug-likeness (QED) is 0.415. The predicted octanol–water partition coefficient (Wildman–Crippen LogP) is 5.51. The predicted molar refractivity (Wildman–Crippen MR) is 123 cm³/mol. The highest BCUT2D eigenvalue weighted by Gasteiger charge is 2.16. The van der Waals surface area contributed by atoms with Gasteiger partial charge in [0.1, 0.15) is 6.61 Å². The molecule has 5 heteroatoms. The molecule has 150 valence electrons. The molecular weight excluding hydrogens is 477 g/mol. The third-order valence-corrected chi connectivity index (χ3v) is 5.17. The zero-order valence-corrected chi connectivity index (χ0v) is 18.7. The van der Waals surface area contributed by atoms with Gasteiger partial charge in [-0.05, 0) is 59.7 Å². The van der Waals surface area contributed by atoms with Gasteiger partial charge in [0, 0.05) is 12.1 Å². The van der Waals surface area contributed by atoms with Crippen LogP contribution in [0.3, 0.4) is 0 Å². The number of rotatable bonds is 8. The van der Waals surface area contributed by atoms with E-state index in [1.165, 1.54) is 5.56 Å². The minimum atomic E-state index is -0.141. The van der Waals surface area contributed by atoms with Crippen molar-refractivity contribution in [2.24, 2.45) is 0 Å². The summed E-state index contributed by atoms with van der Waals surface area (Å²) in [6, 6.07) is 21.6. The lowest BCUT2D eigenvalue weighted by atomic mass is 10.1. The van der Waals surface area contributed by atoms with Gasteiger partial charge in [0.25, 0.3) is 5.91 Å². The highest BCUT2D eigenvalue weighted by molar-refractivity contribution is 14.1. The number of hydrogen-bond acceptors (Lipinski definition) is 3. The summed E-state index contributed by atoms with van der Waals surface area (Å²) in [6.45, 7) is 5.38. The van der Waals surface area contributed by atoms with Crippen LogP contribution in [0.1, 0.15) is 34.0 Å². The first-order chi connectivity index (χ1) is 14.1. The van der Waals surface area contributed by atoms with E-state index >= 15 is 0 Å². The Labute approximate surface area is 185 Å². The van der Waals surface area contributed by atoms with Crippen molar-refractivity contribution in [2.45, 2.75) is 27.0 Å². The monoisotopic (exact) mass is 501 g/mol. The number of halogens is 1. The fourth-order valence-electron chi connectivity index (χ4n) is 2.82. The number of nitrogens with one attached hydrogen (secondary N) is 1. The number of ether oxygens (including phenoxy) is 2. The largest absolute Gasteiger partial charge is 0.490 e. The zero-order chi connectivity index (χ0) is 20.6. The van der Waals surface area contributed by atoms with Gasteiger partial charge in [-0.3, -0.25) is 4.79 Å². The maximum Gasteiger partial charge on any atom is 0.251 e. The van der Waals surface area contributed by atoms with Crippen molar-refractivity contribution < 1.29 is 14.3 Å². The molecule has 0 heterocycles. The van der Waals surface area contributed by atoms with E-state index in [0.717, 1.165) is 14.7 Å². The summed E-state index contributed by atoms with van der Waals surface area (Å²) in [5.74, 6) is 1.10. The van der Waals surface area contributed by atoms with E-state index in [2.05, 4.69) is 47.0 Å². The lowest BCUT2D eigenvalue weighted by molar-refractivity contribution is 0.0950. The van der Waals surface area contributed by atoms with Gasteiger partial charge < -0.3 is 14.8 Å². The molecule has 0 aliphatic rings. The van der Waals surface area contributed by atoms with Gasteiger partial charge in [-0.1, -0.05) is 60.2 Å². The molecule has 0 unspecified atom stereocenters. The third kappa shape index (κ3) is 5.97. The number of amides is 1. The average Bonchev–Trinajstić information content (AvgIpc) is 2.73. The van der Waals surface area contributed by atoms with Crippen LogP contribution in [0.25, 0.3) is 0 Å². The number of carbonyl (C=O) groups excluding carboxylic acids is 1. The van der Waals surface area contributed by atoms with E-state index < -0.39 is 0 Å². The third-order valence-electron chi connectivity index (χ3n) is 4.37. The molecule has 0 fully saturated rings. The Balaban J connectivity index is 1.74. The number of carbonyl (C=O) groups is 1. The van der Waals surface area contributed by atoms with Gasteiger partial charge in [0.2, 0.25) is 0 Å². The topological polar surface area (TPSA) is 47.6 Å². The number of hydrogen-bond donors (Lipinski definition) is 1. The van der Waals surface area contributed by atoms with Crippen molar-refractivity contribution in [1.29, 1.82) is 0 Å². The van der Waals surface area contributed by atoms with Crippen LogP contribution >= 0.6 is 22.6 Å². The van der Waals surface area contributed by atoms with Gasteiger partial charge in [0.05, 0.1) is 10.2 Å². The molecule has 0 spiro atoms. The Morgan fingerprint density at radius 3 is 2.38 bits per heavy atom. The second-order valence-electron chi connectivity index (χ2n) is 6.66. The van der Waals surface area contributed by atoms with Crippen molar-refractivity contribution in [3.05, 3.63) is 92.6 Å². The first-order valence-corrected chi connectivity index (χ1v) is 10.6. The van der Waals surface area contributed by atoms with E-state index in [-0.39, 0.29) is 5.91 Å². The van der Waals surface area contributed by atoms with Crippen LogP contribution in [0, 0.1) is 10.5 Å². The lowest BCUT2D eigenvalue weighted by Gasteiger charge is -2.16. The molecule has 1 amide bonds. The summed E-state index contributed by atoms with van der Waals surface area (Å²) in [5.41, 5.74) is 3.90. The Bertz CT molecular complexity index is 956. The smallest absolute Gasteiger partial charge is 0.251 e. The number of aryl methyl sites for hydroxylation is 1. The van der Waals surface area contributed by atoms with Crippen LogP contribution in [0.15, 0.2) is 66.7 Å². The van der Waals surface area contributed by atoms with Crippen molar-refractivity contribution in [3.63, 3.8) is 0 Å². The van der Waals surface area contributed by atoms with Gasteiger partial charge in [-0.15, -0.1) is 0 Å². The Hall–Kier alpha value is -2.54. The zero-order valence-electron chi connectivity index (χ0n) is 16.6. The van der Waals surface area contributed by atoms with Crippen molar-refractivity contribution in [2.75, 3.05) is 6.61 Å². The molecule has 0 aliphatic carbocycles. The van der Waals surface area contributed by atoms with Crippen LogP contribution in [0.4, 0.5) is 0 Å². The summed E-state index contributed by atoms with van der Waals surface area (Å²) in [5, 5.41) is 2.96. The standard InChI is InChI=1S/C24H24INO3/c1-3-28-22-14-20(24(27)26-15-18-7-5-4-6-8-18)13-21(25)23(22)29-16-19-11-9-17(2)10-12-19/h4-14H,3,15-16H2,1-2H3,(H,26,27). The van der Waals surface area contributed by atoms with Gasteiger partial charge in [-0.25, -0.2) is 0 Å². The molecule has 0 saturated carbocycles. The molecular formula is C24H24INO3. The highest BCUT2D eigenvalue weighted by Crippen LogP contribution is 2.35. The Morgan fingerprint density at radius 1 is 0.966 bits per heavy atom. The van der Waals surface area contributed by atoms with Crippen LogP contribution in [-0.4, -0.2) is 12.5 Å². The molecule has 3 aromatic rings. The minimum Gasteiger partial charge on any atom is -0.490 e. The Kier molecular flexibility index (Phi) is 7.52. The molecule has 0 bridgehead atoms. The van der Waals surface area contributed by atoms with Crippen LogP contribution in [-0.2, 0) is 13.2 Å². The van der Waals surface area contributed by atoms with E-state index in [4.69, 9.17) is 9.47 Å². The Morgan fingerprint density at radius 2 is 1.69 bits per heavy atom. The molecule has 0 radical (unpaired) electrons. The fourth-order valence-corrected chi connectivity index (χ4v) is 3.58. The van der Waals surface area contributed by atoms with E-state index in [0.29, 0.717) is 36.8 Å². The van der Waals surface area contributed by atoms with Gasteiger partial charge in [-0.2, -0.15) is 0 Å². The molecule has 0 aliphatic heterocycles. The molecule has 3 aromatic carbocycles. The summed E-state index contributed by atoms with van der Waals surface area (Å²) in [4.78, 5) is 12.6. The lowest BCUT2D eigenvalue weighted by Crippen LogP contribution is -2.23. The summed E-state index contributed by atoms with van der Waals surface area (Å²) in [6.07, 6.45) is 0. The average molecular weight is 501 g/mol. The maximum absolute atomic E-state index is 12.6. The maximum atomic E-state index is 12.6. The summed E-state index contributed by atoms with van der Waals surface area (Å²) in [7, 11) is 0.